The van der Waals surface area contributed by atoms with Gasteiger partial charge in [-0.15, -0.1) is 11.3 Å². The number of thiophene rings is 1. The van der Waals surface area contributed by atoms with Crippen molar-refractivity contribution in [3.8, 4) is 0 Å². The van der Waals surface area contributed by atoms with E-state index in [1.807, 2.05) is 11.4 Å². The van der Waals surface area contributed by atoms with E-state index in [0.29, 0.717) is 19.0 Å². The summed E-state index contributed by atoms with van der Waals surface area (Å²) in [5.74, 6) is 0.583. The molecule has 122 valence electrons. The Labute approximate surface area is 134 Å². The molecular weight excluding hydrogens is 322 g/mol. The third-order valence-electron chi connectivity index (χ3n) is 4.37. The van der Waals surface area contributed by atoms with Crippen LogP contribution in [0.1, 0.15) is 53.3 Å². The summed E-state index contributed by atoms with van der Waals surface area (Å²) in [4.78, 5) is 15.3. The topological polar surface area (TPSA) is 92.5 Å². The zero-order valence-corrected chi connectivity index (χ0v) is 14.0. The molecule has 1 aromatic rings. The van der Waals surface area contributed by atoms with Crippen LogP contribution in [0.15, 0.2) is 11.4 Å². The Morgan fingerprint density at radius 3 is 2.59 bits per heavy atom. The van der Waals surface area contributed by atoms with Crippen LogP contribution in [0.5, 0.6) is 0 Å². The van der Waals surface area contributed by atoms with E-state index in [1.54, 1.807) is 16.2 Å². The second-order valence-corrected chi connectivity index (χ2v) is 8.41. The van der Waals surface area contributed by atoms with E-state index in [-0.39, 0.29) is 11.9 Å². The van der Waals surface area contributed by atoms with Crippen molar-refractivity contribution in [1.29, 1.82) is 0 Å². The van der Waals surface area contributed by atoms with Crippen molar-refractivity contribution in [3.05, 3.63) is 21.9 Å². The van der Waals surface area contributed by atoms with Crippen LogP contribution in [0.25, 0.3) is 0 Å². The molecule has 2 heterocycles. The van der Waals surface area contributed by atoms with Crippen LogP contribution in [-0.4, -0.2) is 38.4 Å². The van der Waals surface area contributed by atoms with Crippen LogP contribution in [0.4, 0.5) is 0 Å². The molecule has 6 nitrogen and oxygen atoms in total. The fourth-order valence-electron chi connectivity index (χ4n) is 3.20. The number of rotatable bonds is 4. The fourth-order valence-corrected chi connectivity index (χ4v) is 4.87. The molecule has 0 atom stereocenters. The first-order chi connectivity index (χ1) is 10.4. The van der Waals surface area contributed by atoms with E-state index >= 15 is 0 Å². The molecule has 8 heteroatoms. The maximum absolute atomic E-state index is 12.4. The molecule has 0 bridgehead atoms. The van der Waals surface area contributed by atoms with Gasteiger partial charge in [-0.3, -0.25) is 4.79 Å². The van der Waals surface area contributed by atoms with Crippen molar-refractivity contribution >= 4 is 27.5 Å². The normalized spacial score (nSPS) is 20.9. The molecule has 1 saturated carbocycles. The maximum atomic E-state index is 12.4. The summed E-state index contributed by atoms with van der Waals surface area (Å²) in [6, 6.07) is 1.75. The summed E-state index contributed by atoms with van der Waals surface area (Å²) >= 11 is 1.67. The van der Waals surface area contributed by atoms with E-state index in [4.69, 9.17) is 5.14 Å². The molecule has 3 N–H and O–H groups in total. The standard InChI is InChI=1S/C14H21N3O3S2/c15-22(19,20)16-12-7-17(8-12)14(18)11-6-13(21-9-11)10-4-2-1-3-5-10/h6,9-10,12,16H,1-5,7-8H2,(H2,15,19,20). The molecule has 22 heavy (non-hydrogen) atoms. The largest absolute Gasteiger partial charge is 0.335 e. The number of nitrogens with one attached hydrogen (secondary N) is 1. The fraction of sp³-hybridized carbons (Fsp3) is 0.643. The Bertz CT molecular complexity index is 644. The maximum Gasteiger partial charge on any atom is 0.274 e. The third-order valence-corrected chi connectivity index (χ3v) is 6.13. The summed E-state index contributed by atoms with van der Waals surface area (Å²) < 4.78 is 24.2. The van der Waals surface area contributed by atoms with Gasteiger partial charge < -0.3 is 4.90 Å². The van der Waals surface area contributed by atoms with Gasteiger partial charge in [0, 0.05) is 23.3 Å². The summed E-state index contributed by atoms with van der Waals surface area (Å²) in [7, 11) is -3.69. The molecule has 3 rings (SSSR count). The van der Waals surface area contributed by atoms with Crippen LogP contribution >= 0.6 is 11.3 Å². The first-order valence-corrected chi connectivity index (χ1v) is 10.0. The molecule has 1 saturated heterocycles. The number of hydrogen-bond acceptors (Lipinski definition) is 4. The van der Waals surface area contributed by atoms with Gasteiger partial charge in [0.1, 0.15) is 0 Å². The molecule has 0 unspecified atom stereocenters. The molecule has 1 aliphatic heterocycles. The first kappa shape index (κ1) is 15.9. The van der Waals surface area contributed by atoms with Crippen LogP contribution in [0.3, 0.4) is 0 Å². The molecule has 0 aromatic carbocycles. The Balaban J connectivity index is 1.56. The van der Waals surface area contributed by atoms with Crippen molar-refractivity contribution < 1.29 is 13.2 Å². The number of likely N-dealkylation sites (tertiary alicyclic amines) is 1. The highest BCUT2D eigenvalue weighted by molar-refractivity contribution is 7.87. The van der Waals surface area contributed by atoms with E-state index in [1.165, 1.54) is 37.0 Å². The lowest BCUT2D eigenvalue weighted by Crippen LogP contribution is -2.61. The predicted octanol–water partition coefficient (Wildman–Crippen LogP) is 1.41. The minimum atomic E-state index is -3.69. The highest BCUT2D eigenvalue weighted by atomic mass is 32.2. The summed E-state index contributed by atoms with van der Waals surface area (Å²) in [5.41, 5.74) is 0.722. The SMILES string of the molecule is NS(=O)(=O)NC1CN(C(=O)c2csc(C3CCCCC3)c2)C1. The highest BCUT2D eigenvalue weighted by Crippen LogP contribution is 2.36. The number of amides is 1. The molecule has 1 aliphatic carbocycles. The van der Waals surface area contributed by atoms with Gasteiger partial charge in [0.2, 0.25) is 0 Å². The average Bonchev–Trinajstić information content (AvgIpc) is 2.91. The quantitative estimate of drug-likeness (QED) is 0.866. The van der Waals surface area contributed by atoms with E-state index in [9.17, 15) is 13.2 Å². The second kappa shape index (κ2) is 6.27. The number of carbonyl (C=O) groups excluding carboxylic acids is 1. The minimum Gasteiger partial charge on any atom is -0.335 e. The van der Waals surface area contributed by atoms with Crippen molar-refractivity contribution in [1.82, 2.24) is 9.62 Å². The second-order valence-electron chi connectivity index (χ2n) is 6.14. The molecule has 1 aromatic heterocycles. The Kier molecular flexibility index (Phi) is 4.54. The van der Waals surface area contributed by atoms with Crippen LogP contribution < -0.4 is 9.86 Å². The zero-order valence-electron chi connectivity index (χ0n) is 12.3. The van der Waals surface area contributed by atoms with E-state index in [2.05, 4.69) is 4.72 Å². The van der Waals surface area contributed by atoms with Gasteiger partial charge in [0.05, 0.1) is 11.6 Å². The van der Waals surface area contributed by atoms with E-state index < -0.39 is 10.2 Å². The van der Waals surface area contributed by atoms with Crippen molar-refractivity contribution in [3.63, 3.8) is 0 Å². The minimum absolute atomic E-state index is 0.0224. The molecule has 2 aliphatic rings. The number of carbonyl (C=O) groups is 1. The van der Waals surface area contributed by atoms with Crippen LogP contribution in [-0.2, 0) is 10.2 Å². The van der Waals surface area contributed by atoms with Gasteiger partial charge in [-0.1, -0.05) is 19.3 Å². The first-order valence-electron chi connectivity index (χ1n) is 7.60. The lowest BCUT2D eigenvalue weighted by molar-refractivity contribution is 0.0592. The van der Waals surface area contributed by atoms with E-state index in [0.717, 1.165) is 5.56 Å². The molecule has 0 radical (unpaired) electrons. The Hall–Kier alpha value is -0.960. The molecule has 0 spiro atoms. The number of hydrogen-bond donors (Lipinski definition) is 2. The lowest BCUT2D eigenvalue weighted by Gasteiger charge is -2.38. The van der Waals surface area contributed by atoms with Gasteiger partial charge in [-0.2, -0.15) is 13.1 Å². The molecule has 1 amide bonds. The Morgan fingerprint density at radius 1 is 1.27 bits per heavy atom. The summed E-state index contributed by atoms with van der Waals surface area (Å²) in [6.45, 7) is 0.758. The van der Waals surface area contributed by atoms with Gasteiger partial charge in [-0.25, -0.2) is 5.14 Å². The zero-order chi connectivity index (χ0) is 15.7. The smallest absolute Gasteiger partial charge is 0.274 e. The van der Waals surface area contributed by atoms with Crippen LogP contribution in [0, 0.1) is 0 Å². The van der Waals surface area contributed by atoms with Gasteiger partial charge in [0.25, 0.3) is 16.1 Å². The Morgan fingerprint density at radius 2 is 1.95 bits per heavy atom. The highest BCUT2D eigenvalue weighted by Gasteiger charge is 2.33. The van der Waals surface area contributed by atoms with Crippen molar-refractivity contribution in [2.75, 3.05) is 13.1 Å². The molecular formula is C14H21N3O3S2. The van der Waals surface area contributed by atoms with Crippen molar-refractivity contribution in [2.24, 2.45) is 5.14 Å². The predicted molar refractivity (Wildman–Crippen MR) is 86.1 cm³/mol. The number of nitrogens with two attached hydrogens (primary N) is 1. The van der Waals surface area contributed by atoms with Crippen LogP contribution in [0.2, 0.25) is 0 Å². The summed E-state index contributed by atoms with van der Waals surface area (Å²) in [6.07, 6.45) is 6.31. The average molecular weight is 343 g/mol. The third kappa shape index (κ3) is 3.68. The van der Waals surface area contributed by atoms with Gasteiger partial charge in [0.15, 0.2) is 0 Å². The number of nitrogens with zero attached hydrogens (tertiary/aromatic N) is 1. The molecule has 2 fully saturated rings. The monoisotopic (exact) mass is 343 g/mol. The van der Waals surface area contributed by atoms with Gasteiger partial charge in [-0.05, 0) is 24.8 Å². The summed E-state index contributed by atoms with van der Waals surface area (Å²) in [5, 5.41) is 6.85. The van der Waals surface area contributed by atoms with Gasteiger partial charge >= 0.3 is 0 Å². The van der Waals surface area contributed by atoms with Crippen molar-refractivity contribution in [2.45, 2.75) is 44.1 Å². The lowest BCUT2D eigenvalue weighted by atomic mass is 9.88.